The summed E-state index contributed by atoms with van der Waals surface area (Å²) in [7, 11) is 1.76. The largest absolute Gasteiger partial charge is 0.496 e. The van der Waals surface area contributed by atoms with Crippen LogP contribution in [-0.4, -0.2) is 20.3 Å². The zero-order valence-electron chi connectivity index (χ0n) is 14.4. The molecule has 1 heterocycles. The van der Waals surface area contributed by atoms with Crippen molar-refractivity contribution in [1.82, 2.24) is 0 Å². The molecule has 0 bridgehead atoms. The van der Waals surface area contributed by atoms with Crippen LogP contribution in [0, 0.1) is 5.41 Å². The van der Waals surface area contributed by atoms with Crippen LogP contribution in [0.3, 0.4) is 0 Å². The Balaban J connectivity index is 1.52. The van der Waals surface area contributed by atoms with Gasteiger partial charge in [0.05, 0.1) is 20.3 Å². The van der Waals surface area contributed by atoms with Crippen LogP contribution in [0.25, 0.3) is 0 Å². The Morgan fingerprint density at radius 2 is 1.83 bits per heavy atom. The fraction of sp³-hybridized carbons (Fsp3) is 0.429. The molecule has 2 aromatic rings. The normalized spacial score (nSPS) is 20.2. The van der Waals surface area contributed by atoms with Gasteiger partial charge in [-0.1, -0.05) is 43.3 Å². The van der Waals surface area contributed by atoms with Crippen molar-refractivity contribution in [2.24, 2.45) is 5.41 Å². The van der Waals surface area contributed by atoms with Gasteiger partial charge in [0.15, 0.2) is 0 Å². The second kappa shape index (κ2) is 6.12. The maximum absolute atomic E-state index is 5.59. The molecule has 2 nitrogen and oxygen atoms in total. The molecule has 1 spiro atoms. The molecule has 0 amide bonds. The summed E-state index contributed by atoms with van der Waals surface area (Å²) in [4.78, 5) is 1.24. The number of ether oxygens (including phenoxy) is 2. The summed E-state index contributed by atoms with van der Waals surface area (Å²) >= 11 is 1.86. The van der Waals surface area contributed by atoms with E-state index in [4.69, 9.17) is 9.47 Å². The Kier molecular flexibility index (Phi) is 4.09. The van der Waals surface area contributed by atoms with E-state index in [0.717, 1.165) is 24.7 Å². The molecule has 2 aromatic carbocycles. The molecule has 3 heteroatoms. The van der Waals surface area contributed by atoms with Gasteiger partial charge in [-0.25, -0.2) is 0 Å². The van der Waals surface area contributed by atoms with Crippen molar-refractivity contribution in [3.8, 4) is 5.75 Å². The Morgan fingerprint density at radius 3 is 2.46 bits per heavy atom. The molecule has 1 aliphatic heterocycles. The molecule has 126 valence electrons. The Labute approximate surface area is 148 Å². The van der Waals surface area contributed by atoms with Gasteiger partial charge >= 0.3 is 0 Å². The van der Waals surface area contributed by atoms with Crippen LogP contribution < -0.4 is 4.74 Å². The first-order chi connectivity index (χ1) is 11.6. The highest BCUT2D eigenvalue weighted by Crippen LogP contribution is 2.59. The van der Waals surface area contributed by atoms with E-state index in [1.807, 2.05) is 11.8 Å². The number of rotatable bonds is 5. The van der Waals surface area contributed by atoms with E-state index in [1.165, 1.54) is 28.9 Å². The Morgan fingerprint density at radius 1 is 1.08 bits per heavy atom. The highest BCUT2D eigenvalue weighted by molar-refractivity contribution is 7.98. The minimum atomic E-state index is 0.290. The molecule has 4 rings (SSSR count). The van der Waals surface area contributed by atoms with E-state index >= 15 is 0 Å². The van der Waals surface area contributed by atoms with Crippen LogP contribution in [0.15, 0.2) is 53.4 Å². The smallest absolute Gasteiger partial charge is 0.132 e. The third-order valence-corrected chi connectivity index (χ3v) is 6.55. The van der Waals surface area contributed by atoms with Crippen molar-refractivity contribution >= 4 is 11.8 Å². The zero-order valence-corrected chi connectivity index (χ0v) is 15.2. The van der Waals surface area contributed by atoms with Crippen molar-refractivity contribution in [3.63, 3.8) is 0 Å². The van der Waals surface area contributed by atoms with E-state index in [0.29, 0.717) is 5.41 Å². The maximum atomic E-state index is 5.59. The number of hydrogen-bond acceptors (Lipinski definition) is 3. The SMILES string of the molecule is COc1ccc(C2(C)CC3(COC3)C2)cc1SCc1ccccc1. The first kappa shape index (κ1) is 16.0. The maximum Gasteiger partial charge on any atom is 0.132 e. The molecule has 1 aliphatic carbocycles. The number of thioether (sulfide) groups is 1. The lowest BCUT2D eigenvalue weighted by Crippen LogP contribution is -2.58. The summed E-state index contributed by atoms with van der Waals surface area (Å²) in [6, 6.07) is 17.3. The summed E-state index contributed by atoms with van der Waals surface area (Å²) in [5.74, 6) is 1.94. The quantitative estimate of drug-likeness (QED) is 0.709. The zero-order chi connectivity index (χ0) is 16.6. The van der Waals surface area contributed by atoms with Gasteiger partial charge in [0.1, 0.15) is 5.75 Å². The fourth-order valence-corrected chi connectivity index (χ4v) is 5.32. The van der Waals surface area contributed by atoms with Crippen LogP contribution >= 0.6 is 11.8 Å². The summed E-state index contributed by atoms with van der Waals surface area (Å²) in [6.45, 7) is 4.30. The fourth-order valence-electron chi connectivity index (χ4n) is 4.30. The van der Waals surface area contributed by atoms with Crippen molar-refractivity contribution in [1.29, 1.82) is 0 Å². The summed E-state index contributed by atoms with van der Waals surface area (Å²) < 4.78 is 11.0. The van der Waals surface area contributed by atoms with Gasteiger partial charge in [0.2, 0.25) is 0 Å². The minimum absolute atomic E-state index is 0.290. The van der Waals surface area contributed by atoms with Crippen molar-refractivity contribution < 1.29 is 9.47 Å². The molecule has 1 saturated carbocycles. The highest BCUT2D eigenvalue weighted by Gasteiger charge is 2.56. The molecule has 0 radical (unpaired) electrons. The second-order valence-electron chi connectivity index (χ2n) is 7.55. The molecular weight excluding hydrogens is 316 g/mol. The number of methoxy groups -OCH3 is 1. The molecule has 0 unspecified atom stereocenters. The van der Waals surface area contributed by atoms with Gasteiger partial charge in [-0.15, -0.1) is 11.8 Å². The average molecular weight is 340 g/mol. The van der Waals surface area contributed by atoms with E-state index in [1.54, 1.807) is 7.11 Å². The number of hydrogen-bond donors (Lipinski definition) is 0. The lowest BCUT2D eigenvalue weighted by Gasteiger charge is -2.59. The van der Waals surface area contributed by atoms with Gasteiger partial charge in [-0.3, -0.25) is 0 Å². The monoisotopic (exact) mass is 340 g/mol. The molecule has 0 N–H and O–H groups in total. The predicted octanol–water partition coefficient (Wildman–Crippen LogP) is 5.06. The molecule has 24 heavy (non-hydrogen) atoms. The van der Waals surface area contributed by atoms with Crippen LogP contribution in [0.5, 0.6) is 5.75 Å². The lowest BCUT2D eigenvalue weighted by molar-refractivity contribution is -0.185. The lowest BCUT2D eigenvalue weighted by atomic mass is 9.50. The highest BCUT2D eigenvalue weighted by atomic mass is 32.2. The van der Waals surface area contributed by atoms with Crippen LogP contribution in [0.1, 0.15) is 30.9 Å². The first-order valence-electron chi connectivity index (χ1n) is 8.56. The van der Waals surface area contributed by atoms with Crippen LogP contribution in [-0.2, 0) is 15.9 Å². The number of benzene rings is 2. The van der Waals surface area contributed by atoms with Crippen molar-refractivity contribution in [2.45, 2.75) is 35.8 Å². The molecule has 0 aromatic heterocycles. The summed E-state index contributed by atoms with van der Waals surface area (Å²) in [5.41, 5.74) is 3.55. The Hall–Kier alpha value is -1.45. The Bertz CT molecular complexity index is 714. The molecule has 2 aliphatic rings. The van der Waals surface area contributed by atoms with E-state index < -0.39 is 0 Å². The predicted molar refractivity (Wildman–Crippen MR) is 98.8 cm³/mol. The van der Waals surface area contributed by atoms with Gasteiger partial charge in [0.25, 0.3) is 0 Å². The topological polar surface area (TPSA) is 18.5 Å². The third kappa shape index (κ3) is 2.84. The molecule has 2 fully saturated rings. The molecule has 0 atom stereocenters. The van der Waals surface area contributed by atoms with E-state index in [9.17, 15) is 0 Å². The van der Waals surface area contributed by atoms with Crippen LogP contribution in [0.2, 0.25) is 0 Å². The van der Waals surface area contributed by atoms with Gasteiger partial charge < -0.3 is 9.47 Å². The average Bonchev–Trinajstić information content (AvgIpc) is 2.56. The standard InChI is InChI=1S/C21H24O2S/c1-20(12-21(13-20)14-23-15-21)17-8-9-18(22-2)19(10-17)24-11-16-6-4-3-5-7-16/h3-10H,11-15H2,1-2H3. The molecule has 1 saturated heterocycles. The third-order valence-electron chi connectivity index (χ3n) is 5.44. The van der Waals surface area contributed by atoms with Crippen molar-refractivity contribution in [2.75, 3.05) is 20.3 Å². The summed E-state index contributed by atoms with van der Waals surface area (Å²) in [6.07, 6.45) is 2.49. The van der Waals surface area contributed by atoms with Gasteiger partial charge in [-0.2, -0.15) is 0 Å². The molecular formula is C21H24O2S. The van der Waals surface area contributed by atoms with E-state index in [2.05, 4.69) is 55.5 Å². The van der Waals surface area contributed by atoms with Gasteiger partial charge in [0, 0.05) is 16.1 Å². The van der Waals surface area contributed by atoms with Gasteiger partial charge in [-0.05, 0) is 41.5 Å². The second-order valence-corrected chi connectivity index (χ2v) is 8.56. The van der Waals surface area contributed by atoms with Crippen molar-refractivity contribution in [3.05, 3.63) is 59.7 Å². The first-order valence-corrected chi connectivity index (χ1v) is 9.54. The van der Waals surface area contributed by atoms with Crippen LogP contribution in [0.4, 0.5) is 0 Å². The van der Waals surface area contributed by atoms with E-state index in [-0.39, 0.29) is 5.41 Å². The summed E-state index contributed by atoms with van der Waals surface area (Å²) in [5, 5.41) is 0. The minimum Gasteiger partial charge on any atom is -0.496 e.